The largest absolute Gasteiger partial charge is 0.387 e. The van der Waals surface area contributed by atoms with Gasteiger partial charge in [0.1, 0.15) is 12.2 Å². The van der Waals surface area contributed by atoms with E-state index in [9.17, 15) is 5.11 Å². The Morgan fingerprint density at radius 1 is 1.20 bits per heavy atom. The molecule has 3 nitrogen and oxygen atoms in total. The van der Waals surface area contributed by atoms with E-state index in [0.29, 0.717) is 6.61 Å². The van der Waals surface area contributed by atoms with Gasteiger partial charge in [0.15, 0.2) is 0 Å². The summed E-state index contributed by atoms with van der Waals surface area (Å²) >= 11 is 0. The predicted octanol–water partition coefficient (Wildman–Crippen LogP) is 3.03. The summed E-state index contributed by atoms with van der Waals surface area (Å²) in [6.07, 6.45) is 12.7. The quantitative estimate of drug-likeness (QED) is 0.786. The van der Waals surface area contributed by atoms with Crippen molar-refractivity contribution in [1.82, 2.24) is 0 Å². The van der Waals surface area contributed by atoms with Gasteiger partial charge in [0.25, 0.3) is 0 Å². The third kappa shape index (κ3) is 4.75. The van der Waals surface area contributed by atoms with Crippen LogP contribution in [0, 0.1) is 5.92 Å². The van der Waals surface area contributed by atoms with Crippen molar-refractivity contribution in [2.45, 2.75) is 39.1 Å². The van der Waals surface area contributed by atoms with Gasteiger partial charge < -0.3 is 14.6 Å². The maximum atomic E-state index is 10.3. The fraction of sp³-hybridized carbons (Fsp3) is 0.529. The first-order valence-electron chi connectivity index (χ1n) is 7.07. The molecule has 4 atom stereocenters. The van der Waals surface area contributed by atoms with Gasteiger partial charge in [-0.2, -0.15) is 0 Å². The van der Waals surface area contributed by atoms with Gasteiger partial charge in [0, 0.05) is 13.0 Å². The summed E-state index contributed by atoms with van der Waals surface area (Å²) in [5, 5.41) is 10.3. The first-order chi connectivity index (χ1) is 9.61. The van der Waals surface area contributed by atoms with Crippen molar-refractivity contribution in [3.63, 3.8) is 0 Å². The van der Waals surface area contributed by atoms with E-state index < -0.39 is 6.10 Å². The Morgan fingerprint density at radius 2 is 1.85 bits per heavy atom. The summed E-state index contributed by atoms with van der Waals surface area (Å²) in [4.78, 5) is 0. The molecule has 1 rings (SSSR count). The zero-order valence-electron chi connectivity index (χ0n) is 12.8. The molecule has 0 bridgehead atoms. The minimum atomic E-state index is -0.619. The Labute approximate surface area is 122 Å². The molecule has 1 fully saturated rings. The van der Waals surface area contributed by atoms with Crippen LogP contribution < -0.4 is 0 Å². The van der Waals surface area contributed by atoms with Crippen LogP contribution in [0.1, 0.15) is 20.8 Å². The first kappa shape index (κ1) is 16.9. The van der Waals surface area contributed by atoms with Crippen molar-refractivity contribution in [1.29, 1.82) is 0 Å². The van der Waals surface area contributed by atoms with Crippen LogP contribution in [-0.2, 0) is 9.47 Å². The van der Waals surface area contributed by atoms with E-state index in [1.165, 1.54) is 0 Å². The number of hydrogen-bond acceptors (Lipinski definition) is 3. The SMILES string of the molecule is CC=C/C=C/C=C/C=C(\C)[C@@H]1OC[C@@H](C)[C@H](OC)[C@@H]1O. The van der Waals surface area contributed by atoms with Crippen LogP contribution in [0.2, 0.25) is 0 Å². The van der Waals surface area contributed by atoms with Gasteiger partial charge >= 0.3 is 0 Å². The zero-order valence-corrected chi connectivity index (χ0v) is 12.8. The zero-order chi connectivity index (χ0) is 15.0. The van der Waals surface area contributed by atoms with Crippen molar-refractivity contribution in [3.05, 3.63) is 48.1 Å². The molecule has 1 aliphatic rings. The predicted molar refractivity (Wildman–Crippen MR) is 82.6 cm³/mol. The molecular formula is C17H26O3. The summed E-state index contributed by atoms with van der Waals surface area (Å²) in [6, 6.07) is 0. The fourth-order valence-electron chi connectivity index (χ4n) is 2.34. The summed E-state index contributed by atoms with van der Waals surface area (Å²) in [6.45, 7) is 6.58. The Bertz CT molecular complexity index is 393. The van der Waals surface area contributed by atoms with Crippen molar-refractivity contribution in [2.75, 3.05) is 13.7 Å². The third-order valence-electron chi connectivity index (χ3n) is 3.46. The normalized spacial score (nSPS) is 32.8. The van der Waals surface area contributed by atoms with E-state index in [1.54, 1.807) is 7.11 Å². The molecule has 112 valence electrons. The molecule has 0 spiro atoms. The number of methoxy groups -OCH3 is 1. The number of ether oxygens (including phenoxy) is 2. The van der Waals surface area contributed by atoms with Gasteiger partial charge in [-0.15, -0.1) is 0 Å². The van der Waals surface area contributed by atoms with Crippen LogP contribution in [0.15, 0.2) is 48.1 Å². The number of allylic oxidation sites excluding steroid dienone is 7. The summed E-state index contributed by atoms with van der Waals surface area (Å²) in [5.41, 5.74) is 1.00. The molecule has 1 N–H and O–H groups in total. The van der Waals surface area contributed by atoms with Crippen LogP contribution in [0.5, 0.6) is 0 Å². The lowest BCUT2D eigenvalue weighted by Crippen LogP contribution is -2.50. The maximum Gasteiger partial charge on any atom is 0.110 e. The van der Waals surface area contributed by atoms with Gasteiger partial charge in [-0.25, -0.2) is 0 Å². The van der Waals surface area contributed by atoms with Crippen molar-refractivity contribution >= 4 is 0 Å². The van der Waals surface area contributed by atoms with E-state index >= 15 is 0 Å². The molecule has 0 aromatic rings. The number of aliphatic hydroxyl groups excluding tert-OH is 1. The Morgan fingerprint density at radius 3 is 2.50 bits per heavy atom. The molecule has 0 unspecified atom stereocenters. The highest BCUT2D eigenvalue weighted by Crippen LogP contribution is 2.26. The Hall–Kier alpha value is -1.16. The second kappa shape index (κ2) is 8.90. The van der Waals surface area contributed by atoms with E-state index in [-0.39, 0.29) is 18.1 Å². The van der Waals surface area contributed by atoms with Crippen LogP contribution in [0.3, 0.4) is 0 Å². The van der Waals surface area contributed by atoms with Crippen LogP contribution in [-0.4, -0.2) is 37.1 Å². The molecule has 1 aliphatic heterocycles. The van der Waals surface area contributed by atoms with Gasteiger partial charge in [0.05, 0.1) is 12.7 Å². The van der Waals surface area contributed by atoms with Crippen LogP contribution in [0.4, 0.5) is 0 Å². The van der Waals surface area contributed by atoms with E-state index in [2.05, 4.69) is 0 Å². The monoisotopic (exact) mass is 278 g/mol. The molecule has 0 saturated carbocycles. The highest BCUT2D eigenvalue weighted by molar-refractivity contribution is 5.21. The average Bonchev–Trinajstić information content (AvgIpc) is 2.43. The van der Waals surface area contributed by atoms with E-state index in [4.69, 9.17) is 9.47 Å². The highest BCUT2D eigenvalue weighted by Gasteiger charge is 2.37. The van der Waals surface area contributed by atoms with Crippen LogP contribution >= 0.6 is 0 Å². The Kier molecular flexibility index (Phi) is 7.52. The van der Waals surface area contributed by atoms with Crippen molar-refractivity contribution in [2.24, 2.45) is 5.92 Å². The van der Waals surface area contributed by atoms with Crippen molar-refractivity contribution in [3.8, 4) is 0 Å². The fourth-order valence-corrected chi connectivity index (χ4v) is 2.34. The van der Waals surface area contributed by atoms with Crippen molar-refractivity contribution < 1.29 is 14.6 Å². The number of rotatable bonds is 5. The first-order valence-corrected chi connectivity index (χ1v) is 7.07. The lowest BCUT2D eigenvalue weighted by Gasteiger charge is -2.38. The van der Waals surface area contributed by atoms with Gasteiger partial charge in [-0.3, -0.25) is 0 Å². The molecular weight excluding hydrogens is 252 g/mol. The molecule has 0 radical (unpaired) electrons. The second-order valence-corrected chi connectivity index (χ2v) is 5.13. The lowest BCUT2D eigenvalue weighted by molar-refractivity contribution is -0.158. The van der Waals surface area contributed by atoms with Gasteiger partial charge in [0.2, 0.25) is 0 Å². The minimum Gasteiger partial charge on any atom is -0.387 e. The second-order valence-electron chi connectivity index (χ2n) is 5.13. The van der Waals surface area contributed by atoms with E-state index in [1.807, 2.05) is 63.3 Å². The highest BCUT2D eigenvalue weighted by atomic mass is 16.5. The summed E-state index contributed by atoms with van der Waals surface area (Å²) in [5.74, 6) is 0.207. The van der Waals surface area contributed by atoms with Gasteiger partial charge in [-0.05, 0) is 19.4 Å². The molecule has 0 amide bonds. The molecule has 0 aliphatic carbocycles. The third-order valence-corrected chi connectivity index (χ3v) is 3.46. The maximum absolute atomic E-state index is 10.3. The lowest BCUT2D eigenvalue weighted by atomic mass is 9.90. The molecule has 0 aromatic heterocycles. The molecule has 3 heteroatoms. The molecule has 20 heavy (non-hydrogen) atoms. The number of hydrogen-bond donors (Lipinski definition) is 1. The molecule has 1 heterocycles. The smallest absolute Gasteiger partial charge is 0.110 e. The number of aliphatic hydroxyl groups is 1. The van der Waals surface area contributed by atoms with Crippen LogP contribution in [0.25, 0.3) is 0 Å². The van der Waals surface area contributed by atoms with E-state index in [0.717, 1.165) is 5.57 Å². The summed E-state index contributed by atoms with van der Waals surface area (Å²) < 4.78 is 11.1. The topological polar surface area (TPSA) is 38.7 Å². The Balaban J connectivity index is 2.64. The minimum absolute atomic E-state index is 0.171. The molecule has 1 saturated heterocycles. The average molecular weight is 278 g/mol. The molecule has 0 aromatic carbocycles. The van der Waals surface area contributed by atoms with Gasteiger partial charge in [-0.1, -0.05) is 49.5 Å². The summed E-state index contributed by atoms with van der Waals surface area (Å²) in [7, 11) is 1.64. The standard InChI is InChI=1S/C17H26O3/c1-5-6-7-8-9-10-11-13(2)17-15(18)16(19-4)14(3)12-20-17/h5-11,14-18H,12H2,1-4H3/b6-5?,8-7+,10-9+,13-11+/t14-,15+,16+,17+/m1/s1.